The molecule has 0 spiro atoms. The van der Waals surface area contributed by atoms with Crippen molar-refractivity contribution >= 4 is 35.6 Å². The van der Waals surface area contributed by atoms with Crippen LogP contribution in [0.1, 0.15) is 24.8 Å². The maximum Gasteiger partial charge on any atom is 0.328 e. The number of rotatable bonds is 15. The highest BCUT2D eigenvalue weighted by atomic mass is 16.4. The Kier molecular flexibility index (Phi) is 11.8. The first kappa shape index (κ1) is 29.8. The molecule has 36 heavy (non-hydrogen) atoms. The summed E-state index contributed by atoms with van der Waals surface area (Å²) in [6.07, 6.45) is -1.59. The third kappa shape index (κ3) is 10.4. The highest BCUT2D eigenvalue weighted by molar-refractivity contribution is 5.95. The molecule has 0 saturated heterocycles. The van der Waals surface area contributed by atoms with Crippen LogP contribution in [-0.2, 0) is 35.2 Å². The van der Waals surface area contributed by atoms with Crippen LogP contribution < -0.4 is 27.4 Å². The van der Waals surface area contributed by atoms with Crippen LogP contribution in [0.15, 0.2) is 24.3 Å². The Labute approximate surface area is 204 Å². The van der Waals surface area contributed by atoms with Gasteiger partial charge in [-0.15, -0.1) is 0 Å². The van der Waals surface area contributed by atoms with Crippen LogP contribution in [0.2, 0.25) is 0 Å². The molecule has 0 aliphatic rings. The molecule has 15 heteroatoms. The first-order chi connectivity index (χ1) is 16.8. The van der Waals surface area contributed by atoms with Gasteiger partial charge in [-0.3, -0.25) is 24.0 Å². The molecule has 15 nitrogen and oxygen atoms in total. The average molecular weight is 511 g/mol. The van der Waals surface area contributed by atoms with Crippen molar-refractivity contribution in [2.45, 2.75) is 49.9 Å². The molecule has 4 atom stereocenters. The van der Waals surface area contributed by atoms with Crippen molar-refractivity contribution in [3.05, 3.63) is 29.8 Å². The first-order valence-electron chi connectivity index (χ1n) is 10.6. The number of aliphatic hydroxyl groups is 1. The van der Waals surface area contributed by atoms with Crippen molar-refractivity contribution in [2.24, 2.45) is 11.5 Å². The molecule has 1 rings (SSSR count). The van der Waals surface area contributed by atoms with Crippen molar-refractivity contribution in [3.8, 4) is 5.75 Å². The summed E-state index contributed by atoms with van der Waals surface area (Å²) in [5.41, 5.74) is 11.1. The number of phenols is 1. The molecule has 0 fully saturated rings. The Morgan fingerprint density at radius 2 is 1.36 bits per heavy atom. The molecule has 0 aliphatic heterocycles. The van der Waals surface area contributed by atoms with E-state index in [0.29, 0.717) is 5.56 Å². The van der Waals surface area contributed by atoms with Gasteiger partial charge in [0.25, 0.3) is 0 Å². The number of hydrogen-bond donors (Lipinski definition) is 9. The minimum absolute atomic E-state index is 0.0627. The minimum atomic E-state index is -1.69. The Morgan fingerprint density at radius 1 is 0.833 bits per heavy atom. The lowest BCUT2D eigenvalue weighted by Crippen LogP contribution is -2.58. The molecule has 0 aliphatic carbocycles. The largest absolute Gasteiger partial charge is 0.508 e. The number of nitrogens with two attached hydrogens (primary N) is 2. The lowest BCUT2D eigenvalue weighted by molar-refractivity contribution is -0.143. The summed E-state index contributed by atoms with van der Waals surface area (Å²) in [7, 11) is 0. The third-order valence-corrected chi connectivity index (χ3v) is 4.85. The summed E-state index contributed by atoms with van der Waals surface area (Å²) in [5, 5.41) is 43.1. The van der Waals surface area contributed by atoms with Gasteiger partial charge in [0.1, 0.15) is 23.9 Å². The van der Waals surface area contributed by atoms with Gasteiger partial charge < -0.3 is 47.8 Å². The normalized spacial score (nSPS) is 13.9. The molecular formula is C21H29N5O10. The second-order valence-electron chi connectivity index (χ2n) is 7.78. The molecule has 4 amide bonds. The van der Waals surface area contributed by atoms with Gasteiger partial charge in [0.2, 0.25) is 23.6 Å². The number of nitrogens with one attached hydrogen (secondary N) is 3. The second kappa shape index (κ2) is 14.2. The third-order valence-electron chi connectivity index (χ3n) is 4.85. The van der Waals surface area contributed by atoms with Crippen molar-refractivity contribution < 1.29 is 49.2 Å². The highest BCUT2D eigenvalue weighted by Gasteiger charge is 2.31. The number of primary amides is 1. The number of aliphatic hydroxyl groups excluding tert-OH is 1. The van der Waals surface area contributed by atoms with Gasteiger partial charge in [-0.25, -0.2) is 4.79 Å². The first-order valence-corrected chi connectivity index (χ1v) is 10.6. The van der Waals surface area contributed by atoms with Crippen LogP contribution in [0, 0.1) is 0 Å². The molecule has 0 saturated carbocycles. The smallest absolute Gasteiger partial charge is 0.328 e. The number of carboxylic acids is 2. The molecular weight excluding hydrogens is 482 g/mol. The molecule has 11 N–H and O–H groups in total. The van der Waals surface area contributed by atoms with Gasteiger partial charge in [0, 0.05) is 12.8 Å². The van der Waals surface area contributed by atoms with Crippen LogP contribution >= 0.6 is 0 Å². The SMILES string of the molecule is NC(=O)CCC(NC(=O)C(Cc1ccc(O)cc1)NC(=O)C(N)CC(=O)O)C(=O)NC(CO)C(=O)O. The van der Waals surface area contributed by atoms with Crippen molar-refractivity contribution in [1.29, 1.82) is 0 Å². The maximum absolute atomic E-state index is 13.0. The van der Waals surface area contributed by atoms with Gasteiger partial charge in [-0.05, 0) is 24.1 Å². The molecule has 4 unspecified atom stereocenters. The monoisotopic (exact) mass is 511 g/mol. The van der Waals surface area contributed by atoms with E-state index in [4.69, 9.17) is 26.8 Å². The van der Waals surface area contributed by atoms with Gasteiger partial charge in [0.05, 0.1) is 19.1 Å². The molecule has 1 aromatic rings. The van der Waals surface area contributed by atoms with E-state index in [1.165, 1.54) is 24.3 Å². The molecule has 0 heterocycles. The number of carbonyl (C=O) groups excluding carboxylic acids is 4. The lowest BCUT2D eigenvalue weighted by atomic mass is 10.0. The molecule has 0 radical (unpaired) electrons. The van der Waals surface area contributed by atoms with Gasteiger partial charge in [-0.1, -0.05) is 12.1 Å². The van der Waals surface area contributed by atoms with Gasteiger partial charge >= 0.3 is 11.9 Å². The summed E-state index contributed by atoms with van der Waals surface area (Å²) in [6.45, 7) is -0.946. The fourth-order valence-electron chi connectivity index (χ4n) is 2.92. The number of phenolic OH excluding ortho intramolecular Hbond substituents is 1. The molecule has 198 valence electrons. The van der Waals surface area contributed by atoms with E-state index in [-0.39, 0.29) is 25.0 Å². The number of hydrogen-bond acceptors (Lipinski definition) is 9. The van der Waals surface area contributed by atoms with E-state index >= 15 is 0 Å². The van der Waals surface area contributed by atoms with Crippen molar-refractivity contribution in [1.82, 2.24) is 16.0 Å². The summed E-state index contributed by atoms with van der Waals surface area (Å²) in [5.74, 6) is -6.73. The van der Waals surface area contributed by atoms with Crippen LogP contribution in [0.25, 0.3) is 0 Å². The van der Waals surface area contributed by atoms with E-state index in [9.17, 15) is 33.9 Å². The van der Waals surface area contributed by atoms with E-state index in [1.807, 2.05) is 5.32 Å². The Bertz CT molecular complexity index is 968. The van der Waals surface area contributed by atoms with Crippen LogP contribution in [0.5, 0.6) is 5.75 Å². The summed E-state index contributed by atoms with van der Waals surface area (Å²) in [6, 6.07) is -0.494. The van der Waals surface area contributed by atoms with Crippen LogP contribution in [0.3, 0.4) is 0 Å². The van der Waals surface area contributed by atoms with E-state index in [2.05, 4.69) is 10.6 Å². The number of benzene rings is 1. The zero-order valence-corrected chi connectivity index (χ0v) is 19.0. The Hall–Kier alpha value is -4.24. The number of carboxylic acid groups (broad SMARTS) is 2. The number of aromatic hydroxyl groups is 1. The highest BCUT2D eigenvalue weighted by Crippen LogP contribution is 2.12. The zero-order chi connectivity index (χ0) is 27.4. The zero-order valence-electron chi connectivity index (χ0n) is 19.0. The topological polar surface area (TPSA) is 271 Å². The van der Waals surface area contributed by atoms with Crippen LogP contribution in [0.4, 0.5) is 0 Å². The standard InChI is InChI=1S/C21H29N5O10/c22-12(8-17(30)31)18(32)25-14(7-10-1-3-11(28)4-2-10)20(34)24-13(5-6-16(23)29)19(33)26-15(9-27)21(35)36/h1-4,12-15,27-28H,5-9,22H2,(H2,23,29)(H,24,34)(H,25,32)(H,26,33)(H,30,31)(H,35,36). The predicted molar refractivity (Wildman–Crippen MR) is 121 cm³/mol. The average Bonchev–Trinajstić information content (AvgIpc) is 2.79. The number of aliphatic carboxylic acids is 2. The van der Waals surface area contributed by atoms with Gasteiger partial charge in [-0.2, -0.15) is 0 Å². The quantitative estimate of drug-likeness (QED) is 0.112. The van der Waals surface area contributed by atoms with E-state index in [0.717, 1.165) is 0 Å². The fraction of sp³-hybridized carbons (Fsp3) is 0.429. The minimum Gasteiger partial charge on any atom is -0.508 e. The Morgan fingerprint density at radius 3 is 1.86 bits per heavy atom. The summed E-state index contributed by atoms with van der Waals surface area (Å²) >= 11 is 0. The van der Waals surface area contributed by atoms with Gasteiger partial charge in [0.15, 0.2) is 0 Å². The van der Waals surface area contributed by atoms with Crippen LogP contribution in [-0.4, -0.2) is 86.8 Å². The van der Waals surface area contributed by atoms with E-state index < -0.39 is 72.8 Å². The van der Waals surface area contributed by atoms with E-state index in [1.54, 1.807) is 0 Å². The summed E-state index contributed by atoms with van der Waals surface area (Å²) in [4.78, 5) is 71.2. The van der Waals surface area contributed by atoms with Crippen molar-refractivity contribution in [2.75, 3.05) is 6.61 Å². The maximum atomic E-state index is 13.0. The number of carbonyl (C=O) groups is 6. The molecule has 0 aromatic heterocycles. The predicted octanol–water partition coefficient (Wildman–Crippen LogP) is -3.47. The fourth-order valence-corrected chi connectivity index (χ4v) is 2.92. The Balaban J connectivity index is 3.14. The van der Waals surface area contributed by atoms with Crippen molar-refractivity contribution in [3.63, 3.8) is 0 Å². The lowest BCUT2D eigenvalue weighted by Gasteiger charge is -2.25. The molecule has 1 aromatic carbocycles. The second-order valence-corrected chi connectivity index (χ2v) is 7.78. The number of amides is 4. The summed E-state index contributed by atoms with van der Waals surface area (Å²) < 4.78 is 0. The molecule has 0 bridgehead atoms.